The first kappa shape index (κ1) is 18.0. The summed E-state index contributed by atoms with van der Waals surface area (Å²) < 4.78 is 5.48. The molecule has 0 spiro atoms. The van der Waals surface area contributed by atoms with Gasteiger partial charge in [0, 0.05) is 0 Å². The molecule has 0 fully saturated rings. The minimum Gasteiger partial charge on any atom is -0.484 e. The van der Waals surface area contributed by atoms with Gasteiger partial charge >= 0.3 is 5.97 Å². The van der Waals surface area contributed by atoms with Gasteiger partial charge in [-0.3, -0.25) is 9.59 Å². The Hall–Kier alpha value is -2.04. The standard InChI is InChI=1S/C17H25NO4/c1-5-17(6-2,10-16(20)21)18-15(19)11-22-14-8-7-12(3)13(4)9-14/h7-9H,5-6,10-11H2,1-4H3,(H,18,19)(H,20,21). The summed E-state index contributed by atoms with van der Waals surface area (Å²) in [6, 6.07) is 5.64. The van der Waals surface area contributed by atoms with Crippen molar-refractivity contribution in [3.8, 4) is 5.75 Å². The highest BCUT2D eigenvalue weighted by atomic mass is 16.5. The van der Waals surface area contributed by atoms with E-state index < -0.39 is 11.5 Å². The number of hydrogen-bond donors (Lipinski definition) is 2. The molecule has 1 rings (SSSR count). The molecule has 0 radical (unpaired) electrons. The second kappa shape index (κ2) is 7.82. The van der Waals surface area contributed by atoms with E-state index in [1.165, 1.54) is 0 Å². The van der Waals surface area contributed by atoms with Crippen molar-refractivity contribution in [2.75, 3.05) is 6.61 Å². The number of carboxylic acids is 1. The Labute approximate surface area is 131 Å². The SMILES string of the molecule is CCC(CC)(CC(=O)O)NC(=O)COc1ccc(C)c(C)c1. The molecule has 5 heteroatoms. The molecule has 0 heterocycles. The quantitative estimate of drug-likeness (QED) is 0.774. The normalized spacial score (nSPS) is 11.1. The number of amides is 1. The van der Waals surface area contributed by atoms with Crippen LogP contribution in [0.3, 0.4) is 0 Å². The van der Waals surface area contributed by atoms with Gasteiger partial charge in [0.25, 0.3) is 5.91 Å². The van der Waals surface area contributed by atoms with Crippen molar-refractivity contribution in [3.05, 3.63) is 29.3 Å². The van der Waals surface area contributed by atoms with E-state index >= 15 is 0 Å². The molecule has 0 aliphatic rings. The summed E-state index contributed by atoms with van der Waals surface area (Å²) in [6.07, 6.45) is 1.03. The molecule has 0 atom stereocenters. The number of carbonyl (C=O) groups excluding carboxylic acids is 1. The van der Waals surface area contributed by atoms with Gasteiger partial charge in [-0.05, 0) is 49.9 Å². The van der Waals surface area contributed by atoms with E-state index in [4.69, 9.17) is 9.84 Å². The fourth-order valence-corrected chi connectivity index (χ4v) is 2.29. The van der Waals surface area contributed by atoms with Crippen molar-refractivity contribution in [1.82, 2.24) is 5.32 Å². The Balaban J connectivity index is 2.63. The van der Waals surface area contributed by atoms with E-state index in [9.17, 15) is 9.59 Å². The van der Waals surface area contributed by atoms with Crippen LogP contribution in [0.1, 0.15) is 44.2 Å². The number of ether oxygens (including phenoxy) is 1. The molecule has 0 unspecified atom stereocenters. The molecular formula is C17H25NO4. The van der Waals surface area contributed by atoms with Crippen molar-refractivity contribution in [2.45, 2.75) is 52.5 Å². The zero-order chi connectivity index (χ0) is 16.8. The summed E-state index contributed by atoms with van der Waals surface area (Å²) in [4.78, 5) is 23.0. The van der Waals surface area contributed by atoms with Gasteiger partial charge < -0.3 is 15.2 Å². The summed E-state index contributed by atoms with van der Waals surface area (Å²) in [5.74, 6) is -0.586. The van der Waals surface area contributed by atoms with Crippen LogP contribution in [0.2, 0.25) is 0 Å². The van der Waals surface area contributed by atoms with E-state index in [1.807, 2.05) is 45.9 Å². The highest BCUT2D eigenvalue weighted by molar-refractivity contribution is 5.79. The lowest BCUT2D eigenvalue weighted by atomic mass is 9.89. The summed E-state index contributed by atoms with van der Waals surface area (Å²) in [5.41, 5.74) is 1.55. The van der Waals surface area contributed by atoms with Gasteiger partial charge in [-0.15, -0.1) is 0 Å². The van der Waals surface area contributed by atoms with E-state index in [0.29, 0.717) is 18.6 Å². The van der Waals surface area contributed by atoms with E-state index in [-0.39, 0.29) is 18.9 Å². The van der Waals surface area contributed by atoms with Crippen LogP contribution >= 0.6 is 0 Å². The molecule has 2 N–H and O–H groups in total. The second-order valence-electron chi connectivity index (χ2n) is 5.64. The number of carboxylic acid groups (broad SMARTS) is 1. The van der Waals surface area contributed by atoms with Gasteiger partial charge in [0.05, 0.1) is 12.0 Å². The number of rotatable bonds is 8. The van der Waals surface area contributed by atoms with Crippen LogP contribution < -0.4 is 10.1 Å². The Morgan fingerprint density at radius 1 is 1.18 bits per heavy atom. The fourth-order valence-electron chi connectivity index (χ4n) is 2.29. The van der Waals surface area contributed by atoms with Crippen LogP contribution in [0.15, 0.2) is 18.2 Å². The smallest absolute Gasteiger partial charge is 0.305 e. The van der Waals surface area contributed by atoms with Crippen LogP contribution in [-0.2, 0) is 9.59 Å². The minimum atomic E-state index is -0.918. The molecule has 1 amide bonds. The molecule has 0 aliphatic carbocycles. The van der Waals surface area contributed by atoms with Crippen LogP contribution in [0, 0.1) is 13.8 Å². The monoisotopic (exact) mass is 307 g/mol. The Morgan fingerprint density at radius 2 is 1.82 bits per heavy atom. The number of aryl methyl sites for hydroxylation is 2. The third kappa shape index (κ3) is 5.06. The molecule has 0 saturated carbocycles. The highest BCUT2D eigenvalue weighted by Gasteiger charge is 2.30. The largest absolute Gasteiger partial charge is 0.484 e. The maximum absolute atomic E-state index is 12.1. The van der Waals surface area contributed by atoms with Crippen molar-refractivity contribution in [3.63, 3.8) is 0 Å². The van der Waals surface area contributed by atoms with Crippen LogP contribution in [0.4, 0.5) is 0 Å². The lowest BCUT2D eigenvalue weighted by Gasteiger charge is -2.31. The van der Waals surface area contributed by atoms with Gasteiger partial charge in [-0.1, -0.05) is 19.9 Å². The molecule has 0 saturated heterocycles. The first-order chi connectivity index (χ1) is 10.3. The second-order valence-corrected chi connectivity index (χ2v) is 5.64. The molecule has 22 heavy (non-hydrogen) atoms. The summed E-state index contributed by atoms with van der Waals surface area (Å²) in [7, 11) is 0. The van der Waals surface area contributed by atoms with Crippen molar-refractivity contribution in [1.29, 1.82) is 0 Å². The summed E-state index contributed by atoms with van der Waals surface area (Å²) >= 11 is 0. The number of carbonyl (C=O) groups is 2. The molecule has 0 bridgehead atoms. The Morgan fingerprint density at radius 3 is 2.32 bits per heavy atom. The summed E-state index contributed by atoms with van der Waals surface area (Å²) in [6.45, 7) is 7.61. The van der Waals surface area contributed by atoms with Gasteiger partial charge in [0.2, 0.25) is 0 Å². The van der Waals surface area contributed by atoms with Gasteiger partial charge in [0.1, 0.15) is 5.75 Å². The number of hydrogen-bond acceptors (Lipinski definition) is 3. The van der Waals surface area contributed by atoms with Crippen molar-refractivity contribution >= 4 is 11.9 Å². The highest BCUT2D eigenvalue weighted by Crippen LogP contribution is 2.20. The van der Waals surface area contributed by atoms with Crippen LogP contribution in [0.5, 0.6) is 5.75 Å². The van der Waals surface area contributed by atoms with E-state index in [2.05, 4.69) is 5.32 Å². The number of benzene rings is 1. The average molecular weight is 307 g/mol. The molecular weight excluding hydrogens is 282 g/mol. The van der Waals surface area contributed by atoms with Gasteiger partial charge in [0.15, 0.2) is 6.61 Å². The molecule has 122 valence electrons. The lowest BCUT2D eigenvalue weighted by Crippen LogP contribution is -2.50. The number of nitrogens with one attached hydrogen (secondary N) is 1. The van der Waals surface area contributed by atoms with Crippen molar-refractivity contribution in [2.24, 2.45) is 0 Å². The van der Waals surface area contributed by atoms with Crippen LogP contribution in [0.25, 0.3) is 0 Å². The fraction of sp³-hybridized carbons (Fsp3) is 0.529. The molecule has 1 aromatic carbocycles. The average Bonchev–Trinajstić information content (AvgIpc) is 2.47. The molecule has 5 nitrogen and oxygen atoms in total. The maximum atomic E-state index is 12.1. The third-order valence-electron chi connectivity index (χ3n) is 4.10. The Bertz CT molecular complexity index is 535. The maximum Gasteiger partial charge on any atom is 0.305 e. The minimum absolute atomic E-state index is 0.0879. The topological polar surface area (TPSA) is 75.6 Å². The van der Waals surface area contributed by atoms with Gasteiger partial charge in [-0.25, -0.2) is 0 Å². The van der Waals surface area contributed by atoms with E-state index in [0.717, 1.165) is 11.1 Å². The lowest BCUT2D eigenvalue weighted by molar-refractivity contribution is -0.139. The number of aliphatic carboxylic acids is 1. The van der Waals surface area contributed by atoms with E-state index in [1.54, 1.807) is 0 Å². The Kier molecular flexibility index (Phi) is 6.40. The predicted octanol–water partition coefficient (Wildman–Crippen LogP) is 2.83. The zero-order valence-electron chi connectivity index (χ0n) is 13.7. The molecule has 0 aromatic heterocycles. The zero-order valence-corrected chi connectivity index (χ0v) is 13.7. The third-order valence-corrected chi connectivity index (χ3v) is 4.10. The molecule has 1 aromatic rings. The van der Waals surface area contributed by atoms with Gasteiger partial charge in [-0.2, -0.15) is 0 Å². The summed E-state index contributed by atoms with van der Waals surface area (Å²) in [5, 5.41) is 11.8. The van der Waals surface area contributed by atoms with Crippen molar-refractivity contribution < 1.29 is 19.4 Å². The van der Waals surface area contributed by atoms with Crippen LogP contribution in [-0.4, -0.2) is 29.1 Å². The first-order valence-electron chi connectivity index (χ1n) is 7.54. The predicted molar refractivity (Wildman–Crippen MR) is 85.1 cm³/mol. The first-order valence-corrected chi connectivity index (χ1v) is 7.54. The molecule has 0 aliphatic heterocycles.